The first kappa shape index (κ1) is 19.6. The molecule has 6 atom stereocenters. The topological polar surface area (TPSA) is 89.0 Å². The standard InChI is InChI=1S/C25H31N3O2/c1-14(29)30-18-6-8-24(2)17(12-18)4-5-19-20(24)7-9-25(3)21(19)11-15-10-16(13-26)23(27)28-22(15)25/h4,10,18-21H,5-9,11-12H2,1-3H3,(H2,27,28)/t18-,19+,20-,21-,24-,25-/m0/s1. The second kappa shape index (κ2) is 6.57. The number of allylic oxidation sites excluding steroid dienone is 1. The van der Waals surface area contributed by atoms with Crippen molar-refractivity contribution in [3.8, 4) is 6.07 Å². The Morgan fingerprint density at radius 2 is 2.00 bits per heavy atom. The van der Waals surface area contributed by atoms with Crippen LogP contribution in [0.3, 0.4) is 0 Å². The number of aromatic nitrogens is 1. The lowest BCUT2D eigenvalue weighted by Gasteiger charge is -2.57. The largest absolute Gasteiger partial charge is 0.462 e. The molecule has 30 heavy (non-hydrogen) atoms. The van der Waals surface area contributed by atoms with Crippen LogP contribution in [0, 0.1) is 34.5 Å². The van der Waals surface area contributed by atoms with Crippen LogP contribution in [0.5, 0.6) is 0 Å². The van der Waals surface area contributed by atoms with Crippen molar-refractivity contribution in [1.82, 2.24) is 4.98 Å². The molecule has 0 amide bonds. The van der Waals surface area contributed by atoms with E-state index in [1.807, 2.05) is 6.07 Å². The van der Waals surface area contributed by atoms with Crippen LogP contribution < -0.4 is 5.73 Å². The van der Waals surface area contributed by atoms with Gasteiger partial charge in [0.15, 0.2) is 0 Å². The number of pyridine rings is 1. The fourth-order valence-corrected chi connectivity index (χ4v) is 7.50. The van der Waals surface area contributed by atoms with Gasteiger partial charge in [-0.25, -0.2) is 4.98 Å². The third kappa shape index (κ3) is 2.65. The summed E-state index contributed by atoms with van der Waals surface area (Å²) in [5.74, 6) is 2.05. The molecule has 5 rings (SSSR count). The maximum absolute atomic E-state index is 11.4. The molecule has 0 spiro atoms. The number of hydrogen-bond acceptors (Lipinski definition) is 5. The predicted octanol–water partition coefficient (Wildman–Crippen LogP) is 4.44. The Labute approximate surface area is 178 Å². The van der Waals surface area contributed by atoms with Crippen molar-refractivity contribution in [3.05, 3.63) is 34.5 Å². The van der Waals surface area contributed by atoms with E-state index in [0.29, 0.717) is 29.1 Å². The minimum atomic E-state index is -0.168. The van der Waals surface area contributed by atoms with Gasteiger partial charge in [-0.3, -0.25) is 4.79 Å². The fourth-order valence-electron chi connectivity index (χ4n) is 7.50. The number of nitriles is 1. The molecule has 158 valence electrons. The van der Waals surface area contributed by atoms with Gasteiger partial charge in [-0.15, -0.1) is 0 Å². The van der Waals surface area contributed by atoms with Crippen LogP contribution in [0.2, 0.25) is 0 Å². The number of ether oxygens (including phenoxy) is 1. The van der Waals surface area contributed by atoms with Crippen LogP contribution >= 0.6 is 0 Å². The minimum absolute atomic E-state index is 0.0412. The summed E-state index contributed by atoms with van der Waals surface area (Å²) in [6.07, 6.45) is 9.88. The van der Waals surface area contributed by atoms with Crippen molar-refractivity contribution in [1.29, 1.82) is 5.26 Å². The molecule has 2 saturated carbocycles. The first-order valence-electron chi connectivity index (χ1n) is 11.3. The molecule has 2 fully saturated rings. The van der Waals surface area contributed by atoms with Gasteiger partial charge in [0, 0.05) is 18.8 Å². The number of fused-ring (bicyclic) bond motifs is 7. The number of rotatable bonds is 1. The van der Waals surface area contributed by atoms with Gasteiger partial charge in [0.05, 0.1) is 11.3 Å². The van der Waals surface area contributed by atoms with Crippen molar-refractivity contribution in [2.45, 2.75) is 77.2 Å². The number of carbonyl (C=O) groups excluding carboxylic acids is 1. The summed E-state index contributed by atoms with van der Waals surface area (Å²) in [6, 6.07) is 4.20. The molecule has 2 N–H and O–H groups in total. The number of anilines is 1. The lowest BCUT2D eigenvalue weighted by molar-refractivity contribution is -0.148. The zero-order chi connectivity index (χ0) is 21.3. The lowest BCUT2D eigenvalue weighted by atomic mass is 9.48. The molecule has 4 aliphatic carbocycles. The average molecular weight is 406 g/mol. The Kier molecular flexibility index (Phi) is 4.29. The number of esters is 1. The number of nitrogen functional groups attached to an aromatic ring is 1. The fraction of sp³-hybridized carbons (Fsp3) is 0.640. The normalized spacial score (nSPS) is 38.9. The van der Waals surface area contributed by atoms with E-state index >= 15 is 0 Å². The van der Waals surface area contributed by atoms with Gasteiger partial charge in [-0.1, -0.05) is 25.5 Å². The van der Waals surface area contributed by atoms with E-state index in [-0.39, 0.29) is 22.9 Å². The van der Waals surface area contributed by atoms with E-state index in [1.165, 1.54) is 24.5 Å². The molecule has 0 unspecified atom stereocenters. The van der Waals surface area contributed by atoms with Crippen molar-refractivity contribution in [2.75, 3.05) is 5.73 Å². The number of hydrogen-bond donors (Lipinski definition) is 1. The second-order valence-electron chi connectivity index (χ2n) is 10.4. The first-order valence-corrected chi connectivity index (χ1v) is 11.3. The Bertz CT molecular complexity index is 993. The smallest absolute Gasteiger partial charge is 0.302 e. The third-order valence-corrected chi connectivity index (χ3v) is 9.01. The van der Waals surface area contributed by atoms with Crippen LogP contribution in [0.25, 0.3) is 0 Å². The van der Waals surface area contributed by atoms with E-state index in [0.717, 1.165) is 44.2 Å². The molecule has 1 aromatic rings. The van der Waals surface area contributed by atoms with Gasteiger partial charge in [0.2, 0.25) is 0 Å². The van der Waals surface area contributed by atoms with Crippen LogP contribution in [-0.4, -0.2) is 17.1 Å². The zero-order valence-electron chi connectivity index (χ0n) is 18.2. The zero-order valence-corrected chi connectivity index (χ0v) is 18.2. The van der Waals surface area contributed by atoms with Gasteiger partial charge in [-0.2, -0.15) is 5.26 Å². The Hall–Kier alpha value is -2.35. The molecule has 0 saturated heterocycles. The molecule has 4 aliphatic rings. The van der Waals surface area contributed by atoms with Gasteiger partial charge in [0.25, 0.3) is 0 Å². The van der Waals surface area contributed by atoms with E-state index in [2.05, 4.69) is 26.0 Å². The molecule has 0 aliphatic heterocycles. The van der Waals surface area contributed by atoms with Crippen LogP contribution in [0.4, 0.5) is 5.82 Å². The maximum Gasteiger partial charge on any atom is 0.302 e. The van der Waals surface area contributed by atoms with Crippen molar-refractivity contribution in [3.63, 3.8) is 0 Å². The van der Waals surface area contributed by atoms with Gasteiger partial charge < -0.3 is 10.5 Å². The minimum Gasteiger partial charge on any atom is -0.462 e. The van der Waals surface area contributed by atoms with Gasteiger partial charge >= 0.3 is 5.97 Å². The van der Waals surface area contributed by atoms with Crippen molar-refractivity contribution >= 4 is 11.8 Å². The molecular weight excluding hydrogens is 374 g/mol. The van der Waals surface area contributed by atoms with E-state index < -0.39 is 0 Å². The van der Waals surface area contributed by atoms with E-state index in [1.54, 1.807) is 0 Å². The van der Waals surface area contributed by atoms with Crippen molar-refractivity contribution in [2.24, 2.45) is 23.2 Å². The molecule has 1 aromatic heterocycles. The molecule has 5 nitrogen and oxygen atoms in total. The number of nitrogens with zero attached hydrogens (tertiary/aromatic N) is 2. The Morgan fingerprint density at radius 3 is 2.73 bits per heavy atom. The van der Waals surface area contributed by atoms with Crippen molar-refractivity contribution < 1.29 is 9.53 Å². The first-order chi connectivity index (χ1) is 14.3. The predicted molar refractivity (Wildman–Crippen MR) is 114 cm³/mol. The van der Waals surface area contributed by atoms with Crippen LogP contribution in [0.15, 0.2) is 17.7 Å². The molecule has 0 aromatic carbocycles. The highest BCUT2D eigenvalue weighted by atomic mass is 16.5. The van der Waals surface area contributed by atoms with E-state index in [4.69, 9.17) is 15.5 Å². The monoisotopic (exact) mass is 405 g/mol. The van der Waals surface area contributed by atoms with Crippen LogP contribution in [0.1, 0.15) is 76.1 Å². The molecule has 0 radical (unpaired) electrons. The summed E-state index contributed by atoms with van der Waals surface area (Å²) in [6.45, 7) is 6.34. The summed E-state index contributed by atoms with van der Waals surface area (Å²) in [5, 5.41) is 9.39. The quantitative estimate of drug-likeness (QED) is 0.551. The average Bonchev–Trinajstić information content (AvgIpc) is 2.99. The lowest BCUT2D eigenvalue weighted by Crippen LogP contribution is -2.51. The summed E-state index contributed by atoms with van der Waals surface area (Å²) >= 11 is 0. The second-order valence-corrected chi connectivity index (χ2v) is 10.4. The molecule has 5 heteroatoms. The number of nitrogens with two attached hydrogens (primary N) is 1. The highest BCUT2D eigenvalue weighted by Gasteiger charge is 2.58. The molecule has 1 heterocycles. The molecular formula is C25H31N3O2. The molecule has 0 bridgehead atoms. The number of carbonyl (C=O) groups is 1. The van der Waals surface area contributed by atoms with Gasteiger partial charge in [-0.05, 0) is 73.3 Å². The van der Waals surface area contributed by atoms with Gasteiger partial charge in [0.1, 0.15) is 18.0 Å². The highest BCUT2D eigenvalue weighted by Crippen LogP contribution is 2.64. The van der Waals surface area contributed by atoms with Crippen LogP contribution in [-0.2, 0) is 21.4 Å². The summed E-state index contributed by atoms with van der Waals surface area (Å²) < 4.78 is 5.56. The summed E-state index contributed by atoms with van der Waals surface area (Å²) in [7, 11) is 0. The Balaban J connectivity index is 1.47. The SMILES string of the molecule is CC(=O)O[C@H]1CC[C@@]2(C)C(=CC[C@@H]3[C@@H]2CC[C@]2(C)c4nc(N)c(C#N)cc4C[C@@H]32)C1. The summed E-state index contributed by atoms with van der Waals surface area (Å²) in [5.41, 5.74) is 10.7. The van der Waals surface area contributed by atoms with E-state index in [9.17, 15) is 10.1 Å². The third-order valence-electron chi connectivity index (χ3n) is 9.01. The maximum atomic E-state index is 11.4. The highest BCUT2D eigenvalue weighted by molar-refractivity contribution is 5.66. The summed E-state index contributed by atoms with van der Waals surface area (Å²) in [4.78, 5) is 16.2. The Morgan fingerprint density at radius 1 is 1.23 bits per heavy atom.